The van der Waals surface area contributed by atoms with Crippen LogP contribution in [0, 0.1) is 98.7 Å². The second-order valence-electron chi connectivity index (χ2n) is 34.9. The van der Waals surface area contributed by atoms with Gasteiger partial charge in [0.25, 0.3) is 0 Å². The summed E-state index contributed by atoms with van der Waals surface area (Å²) >= 11 is 0. The largest absolute Gasteiger partial charge is 1.00 e. The van der Waals surface area contributed by atoms with Crippen LogP contribution in [0.5, 0.6) is 11.5 Å². The van der Waals surface area contributed by atoms with Gasteiger partial charge in [0.2, 0.25) is 23.6 Å². The van der Waals surface area contributed by atoms with Crippen molar-refractivity contribution in [2.45, 2.75) is 176 Å². The molecule has 3 saturated heterocycles. The summed E-state index contributed by atoms with van der Waals surface area (Å²) in [6.45, 7) is 23.8. The Hall–Kier alpha value is -7.21. The number of nitrogens with one attached hydrogen (secondary N) is 1. The van der Waals surface area contributed by atoms with Crippen LogP contribution >= 0.6 is 0 Å². The third-order valence-corrected chi connectivity index (χ3v) is 24.2. The second kappa shape index (κ2) is 78.9. The van der Waals surface area contributed by atoms with E-state index in [1.165, 1.54) is 78.8 Å². The summed E-state index contributed by atoms with van der Waals surface area (Å²) in [7, 11) is 18.5. The van der Waals surface area contributed by atoms with Crippen LogP contribution in [0.15, 0.2) is 97.1 Å². The number of nitrogens with zero attached hydrogens (tertiary/aromatic N) is 4. The van der Waals surface area contributed by atoms with Crippen LogP contribution in [0.1, 0.15) is 178 Å². The summed E-state index contributed by atoms with van der Waals surface area (Å²) in [6.07, 6.45) is -7.38. The molecule has 43 heteroatoms. The number of aliphatic hydroxyl groups is 2. The monoisotopic (exact) mass is 2110 g/mol. The Morgan fingerprint density at radius 2 is 0.844 bits per heavy atom. The van der Waals surface area contributed by atoms with Crippen molar-refractivity contribution >= 4 is 94.6 Å². The first-order valence-electron chi connectivity index (χ1n) is 47.6. The van der Waals surface area contributed by atoms with Crippen molar-refractivity contribution in [3.8, 4) is 11.5 Å². The number of hydrogen-bond acceptors (Lipinski definition) is 37. The van der Waals surface area contributed by atoms with E-state index in [4.69, 9.17) is 62.3 Å². The number of rotatable bonds is 58. The van der Waals surface area contributed by atoms with Crippen molar-refractivity contribution < 1.29 is 283 Å². The number of carbonyl (C=O) groups is 16. The summed E-state index contributed by atoms with van der Waals surface area (Å²) in [4.78, 5) is 218. The van der Waals surface area contributed by atoms with E-state index < -0.39 is 211 Å². The quantitative estimate of drug-likeness (QED) is 0.00541. The molecule has 4 aromatic rings. The molecule has 4 N–H and O–H groups in total. The van der Waals surface area contributed by atoms with Crippen molar-refractivity contribution in [1.29, 1.82) is 0 Å². The number of carbonyl (C=O) groups excluding carboxylic acids is 16. The van der Waals surface area contributed by atoms with E-state index in [9.17, 15) is 87.2 Å². The van der Waals surface area contributed by atoms with Crippen LogP contribution in [-0.2, 0) is 105 Å². The summed E-state index contributed by atoms with van der Waals surface area (Å²) in [5.41, 5.74) is 3.67. The van der Waals surface area contributed by atoms with Gasteiger partial charge in [-0.05, 0) is 196 Å². The van der Waals surface area contributed by atoms with Crippen LogP contribution in [0.3, 0.4) is 0 Å². The van der Waals surface area contributed by atoms with E-state index in [2.05, 4.69) is 49.8 Å². The molecular weight excluding hydrogens is 1960 g/mol. The number of carboxylic acid groups (broad SMARTS) is 3. The molecule has 4 aromatic carbocycles. The molecule has 3 amide bonds. The molecule has 3 aliphatic heterocycles. The molecule has 147 heavy (non-hydrogen) atoms. The number of unbranched alkanes of at least 4 members (excludes halogenated alkanes) is 1. The summed E-state index contributed by atoms with van der Waals surface area (Å²) in [5.74, 6) is -32.2. The summed E-state index contributed by atoms with van der Waals surface area (Å²) in [6, 6.07) is 26.4. The first-order chi connectivity index (χ1) is 67.4. The van der Waals surface area contributed by atoms with Gasteiger partial charge in [0.15, 0.2) is 23.1 Å². The molecular formula is C104H151N5Na4O34. The Balaban J connectivity index is -0.00000159. The SMILES string of the molecule is CCCCN(C)C.CCO.CCOC(=O)C(C(CC(C(=O)[O-])C(C(=O)OCCOc1ccc(C(=O)CC(=O)c2ccc(C)cc2)cc1)C(CC)OC)OC)C(CC(OC)C1C(=O)N(CCCN(C)C)C(=O)C1CC(OC)C(C(=O)NCCCN(C)C)C(CC(OC)C1C(=O)OC(=O)C1C)C(=O)[O-])C(=O)[O-].Cc1ccc(C(=O)CC(=O)c2ccc(OCCO)cc2)cc1.[CH2+]C1C(=O)OC(=O)C1C(CC)OC.[CH2-]C.[Na+].[Na+].[Na+].[Na+].[OH-]. The predicted octanol–water partition coefficient (Wildman–Crippen LogP) is -6.71. The molecule has 3 heterocycles. The zero-order chi connectivity index (χ0) is 107. The topological polar surface area (TPSA) is 549 Å². The van der Waals surface area contributed by atoms with Gasteiger partial charge in [0.1, 0.15) is 37.2 Å². The standard InChI is InChI=1S/C67H96N4O24.C18H18O4.C9H13O4.C6H15N.C2H6O.C2H5.4Na.H2O/c1-14-48(87-9)56(66(85)94-31-30-93-41-24-22-40(23-25-41)47(73)36-46(72)39-20-18-37(3)19-21-39)44(62(79)80)35-52(91-13)57(65(84)92-15-2)45(63(81)82)34-51(90-12)55-42(59(75)71(60(55)76)29-17-28-70(7)8)32-50(89-11)54(58(74)68-26-16-27-69(5)6)43(61(77)78)33-49(88-10)53-38(4)64(83)95-67(53)86;1-13-2-4-14(5-3-13)17(20)12-18(21)15-6-8-16(9-7-15)22-11-10-19;1-4-6(12-3)7-5(2)8(10)13-9(7)11;1-4-5-6-7(2)3;1-2-3;1-2;;;;;/h18-25,38,42-45,48-57H,14-17,26-36H2,1-13H3,(H,68,74)(H,77,78)(H,79,80)(H,81,82);2-9,19H,10-12H2,1H3;5-7H,2,4H2,1,3H3;4-6H2,1-3H3;3H,2H2,1H3;1H2,2H3;;;;;1H2/q;;+1;;;-1;4*+1;/p-4. The van der Waals surface area contributed by atoms with Gasteiger partial charge in [-0.3, -0.25) is 62.4 Å². The van der Waals surface area contributed by atoms with Crippen molar-refractivity contribution in [2.75, 3.05) is 157 Å². The normalized spacial score (nSPS) is 17.8. The van der Waals surface area contributed by atoms with Crippen LogP contribution in [0.4, 0.5) is 0 Å². The number of Topliss-reactive ketones (excluding diaryl/α,β-unsaturated/α-hetero) is 4. The Morgan fingerprint density at radius 3 is 1.20 bits per heavy atom. The van der Waals surface area contributed by atoms with E-state index in [0.717, 1.165) is 37.4 Å². The molecule has 0 bridgehead atoms. The first-order valence-corrected chi connectivity index (χ1v) is 47.6. The molecule has 0 radical (unpaired) electrons. The summed E-state index contributed by atoms with van der Waals surface area (Å²) in [5, 5.41) is 59.7. The van der Waals surface area contributed by atoms with Gasteiger partial charge in [-0.15, -0.1) is 0 Å². The number of cyclic esters (lactones) is 4. The molecule has 0 aliphatic carbocycles. The van der Waals surface area contributed by atoms with E-state index >= 15 is 4.79 Å². The number of amides is 3. The number of carboxylic acids is 3. The van der Waals surface area contributed by atoms with E-state index in [1.807, 2.05) is 37.8 Å². The molecule has 3 fully saturated rings. The number of benzene rings is 4. The molecule has 0 saturated carbocycles. The minimum absolute atomic E-state index is 0. The van der Waals surface area contributed by atoms with Gasteiger partial charge in [-0.25, -0.2) is 4.79 Å². The van der Waals surface area contributed by atoms with Gasteiger partial charge >= 0.3 is 154 Å². The van der Waals surface area contributed by atoms with Gasteiger partial charge in [0, 0.05) is 120 Å². The third-order valence-electron chi connectivity index (χ3n) is 24.2. The number of aliphatic hydroxyl groups excluding tert-OH is 2. The average Bonchev–Trinajstić information content (AvgIpc) is 1.62. The Morgan fingerprint density at radius 1 is 0.463 bits per heavy atom. The first kappa shape index (κ1) is 146. The van der Waals surface area contributed by atoms with Crippen molar-refractivity contribution in [1.82, 2.24) is 24.9 Å². The minimum atomic E-state index is -2.11. The van der Waals surface area contributed by atoms with E-state index in [-0.39, 0.29) is 230 Å². The fourth-order valence-corrected chi connectivity index (χ4v) is 16.6. The van der Waals surface area contributed by atoms with Crippen molar-refractivity contribution in [3.05, 3.63) is 144 Å². The number of aryl methyl sites for hydroxylation is 2. The summed E-state index contributed by atoms with van der Waals surface area (Å²) < 4.78 is 65.2. The molecule has 18 unspecified atom stereocenters. The molecule has 18 atom stereocenters. The maximum Gasteiger partial charge on any atom is 1.00 e. The van der Waals surface area contributed by atoms with Gasteiger partial charge in [-0.1, -0.05) is 93.8 Å². The number of hydrogen-bond donors (Lipinski definition) is 3. The second-order valence-corrected chi connectivity index (χ2v) is 34.9. The zero-order valence-electron chi connectivity index (χ0n) is 90.6. The molecule has 3 aliphatic rings. The number of imide groups is 1. The number of esters is 6. The fourth-order valence-electron chi connectivity index (χ4n) is 16.6. The van der Waals surface area contributed by atoms with Crippen LogP contribution in [0.25, 0.3) is 0 Å². The zero-order valence-corrected chi connectivity index (χ0v) is 98.6. The Kier molecular flexibility index (Phi) is 78.3. The molecule has 0 spiro atoms. The van der Waals surface area contributed by atoms with Crippen molar-refractivity contribution in [2.24, 2.45) is 71.0 Å². The number of likely N-dealkylation sites (tertiary alicyclic amines) is 1. The molecule has 800 valence electrons. The maximum atomic E-state index is 15.0. The average molecular weight is 2110 g/mol. The minimum Gasteiger partial charge on any atom is -0.870 e. The van der Waals surface area contributed by atoms with Gasteiger partial charge in [0.05, 0.1) is 111 Å². The maximum absolute atomic E-state index is 15.0. The number of ketones is 4. The van der Waals surface area contributed by atoms with Crippen LogP contribution in [-0.4, -0.2) is 324 Å². The van der Waals surface area contributed by atoms with Gasteiger partial charge in [-0.2, -0.15) is 6.92 Å². The Labute approximate surface area is 953 Å². The van der Waals surface area contributed by atoms with Crippen molar-refractivity contribution in [3.63, 3.8) is 0 Å². The smallest absolute Gasteiger partial charge is 0.870 e. The van der Waals surface area contributed by atoms with E-state index in [0.29, 0.717) is 48.4 Å². The number of ether oxygens (including phenoxy) is 12. The predicted molar refractivity (Wildman–Crippen MR) is 517 cm³/mol. The molecule has 7 rings (SSSR count). The molecule has 39 nitrogen and oxygen atoms in total. The Bertz CT molecular complexity index is 4610. The third kappa shape index (κ3) is 48.3. The van der Waals surface area contributed by atoms with Gasteiger partial charge < -0.3 is 129 Å². The number of aliphatic carboxylic acids is 3. The fraction of sp³-hybridized carbons (Fsp3) is 0.596. The van der Waals surface area contributed by atoms with Crippen LogP contribution < -0.4 is 148 Å². The van der Waals surface area contributed by atoms with E-state index in [1.54, 1.807) is 115 Å². The van der Waals surface area contributed by atoms with Crippen LogP contribution in [0.2, 0.25) is 0 Å². The molecule has 0 aromatic heterocycles. The number of methoxy groups -OCH3 is 6.